The third-order valence-electron chi connectivity index (χ3n) is 2.83. The summed E-state index contributed by atoms with van der Waals surface area (Å²) in [7, 11) is 0. The molecule has 0 aliphatic heterocycles. The van der Waals surface area contributed by atoms with Gasteiger partial charge in [0, 0.05) is 6.42 Å². The molecule has 20 heavy (non-hydrogen) atoms. The van der Waals surface area contributed by atoms with Crippen molar-refractivity contribution in [3.05, 3.63) is 0 Å². The molecule has 0 aromatic rings. The van der Waals surface area contributed by atoms with E-state index >= 15 is 0 Å². The largest absolute Gasteiger partial charge is 0.450 e. The van der Waals surface area contributed by atoms with E-state index in [1.807, 2.05) is 0 Å². The van der Waals surface area contributed by atoms with E-state index in [0.29, 0.717) is 6.42 Å². The van der Waals surface area contributed by atoms with Gasteiger partial charge in [-0.2, -0.15) is 0 Å². The van der Waals surface area contributed by atoms with Crippen molar-refractivity contribution in [3.63, 3.8) is 0 Å². The van der Waals surface area contributed by atoms with Gasteiger partial charge in [0.15, 0.2) is 0 Å². The number of amides is 2. The lowest BCUT2D eigenvalue weighted by Crippen LogP contribution is -2.30. The smallest absolute Gasteiger partial charge is 0.413 e. The molecule has 0 fully saturated rings. The minimum atomic E-state index is -0.705. The Bertz CT molecular complexity index is 338. The summed E-state index contributed by atoms with van der Waals surface area (Å²) in [5, 5.41) is 2.14. The lowest BCUT2D eigenvalue weighted by Gasteiger charge is -2.09. The van der Waals surface area contributed by atoms with Gasteiger partial charge < -0.3 is 4.74 Å². The fraction of sp³-hybridized carbons (Fsp3) is 0.786. The third kappa shape index (κ3) is 10.3. The second-order valence-corrected chi connectivity index (χ2v) is 4.53. The fourth-order valence-electron chi connectivity index (χ4n) is 1.80. The molecule has 0 bridgehead atoms. The number of carbonyl (C=O) groups is 2. The number of hydrogen-bond acceptors (Lipinski definition) is 5. The van der Waals surface area contributed by atoms with Crippen molar-refractivity contribution >= 4 is 18.1 Å². The summed E-state index contributed by atoms with van der Waals surface area (Å²) < 4.78 is 4.60. The topological polar surface area (TPSA) is 84.8 Å². The highest BCUT2D eigenvalue weighted by Gasteiger charge is 2.09. The molecule has 6 heteroatoms. The summed E-state index contributed by atoms with van der Waals surface area (Å²) in [5.41, 5.74) is 0. The molecule has 0 rings (SSSR count). The normalized spacial score (nSPS) is 11.3. The highest BCUT2D eigenvalue weighted by molar-refractivity contribution is 5.91. The second-order valence-electron chi connectivity index (χ2n) is 4.53. The first-order valence-corrected chi connectivity index (χ1v) is 7.17. The van der Waals surface area contributed by atoms with Crippen molar-refractivity contribution in [2.45, 2.75) is 64.8 Å². The molecule has 1 N–H and O–H groups in total. The maximum absolute atomic E-state index is 11.4. The number of alkyl carbamates (subject to hydrolysis) is 1. The van der Waals surface area contributed by atoms with E-state index in [9.17, 15) is 14.4 Å². The van der Waals surface area contributed by atoms with Gasteiger partial charge in [-0.3, -0.25) is 10.1 Å². The Hall–Kier alpha value is -1.68. The van der Waals surface area contributed by atoms with Crippen LogP contribution in [0.1, 0.15) is 58.8 Å². The average Bonchev–Trinajstić information content (AvgIpc) is 2.40. The van der Waals surface area contributed by atoms with Crippen LogP contribution in [0, 0.1) is 0 Å². The highest BCUT2D eigenvalue weighted by Crippen LogP contribution is 2.12. The van der Waals surface area contributed by atoms with Crippen molar-refractivity contribution in [1.29, 1.82) is 0 Å². The lowest BCUT2D eigenvalue weighted by molar-refractivity contribution is -0.120. The zero-order valence-corrected chi connectivity index (χ0v) is 12.3. The average molecular weight is 284 g/mol. The summed E-state index contributed by atoms with van der Waals surface area (Å²) in [4.78, 5) is 36.4. The first-order chi connectivity index (χ1) is 9.63. The predicted molar refractivity (Wildman–Crippen MR) is 75.1 cm³/mol. The number of hydrogen-bond donors (Lipinski definition) is 1. The molecule has 2 amide bonds. The van der Waals surface area contributed by atoms with Crippen LogP contribution in [-0.4, -0.2) is 30.7 Å². The number of imide groups is 1. The Morgan fingerprint density at radius 2 is 1.90 bits per heavy atom. The van der Waals surface area contributed by atoms with Gasteiger partial charge in [-0.1, -0.05) is 26.2 Å². The van der Waals surface area contributed by atoms with Gasteiger partial charge in [0.2, 0.25) is 12.0 Å². The first kappa shape index (κ1) is 18.3. The van der Waals surface area contributed by atoms with Crippen LogP contribution in [0.4, 0.5) is 4.79 Å². The molecule has 1 atom stereocenters. The number of nitrogens with zero attached hydrogens (tertiary/aromatic N) is 1. The van der Waals surface area contributed by atoms with E-state index in [1.165, 1.54) is 0 Å². The van der Waals surface area contributed by atoms with Crippen molar-refractivity contribution in [2.75, 3.05) is 6.61 Å². The van der Waals surface area contributed by atoms with Gasteiger partial charge in [-0.25, -0.2) is 14.6 Å². The minimum absolute atomic E-state index is 0.000526. The maximum atomic E-state index is 11.4. The highest BCUT2D eigenvalue weighted by atomic mass is 16.5. The molecule has 0 heterocycles. The Kier molecular flexibility index (Phi) is 11.3. The summed E-state index contributed by atoms with van der Waals surface area (Å²) in [6.45, 7) is 4.00. The number of isocyanates is 1. The molecule has 0 aliphatic carbocycles. The van der Waals surface area contributed by atoms with Gasteiger partial charge >= 0.3 is 6.09 Å². The second kappa shape index (κ2) is 12.4. The molecule has 1 unspecified atom stereocenters. The zero-order valence-electron chi connectivity index (χ0n) is 12.3. The Morgan fingerprint density at radius 1 is 1.20 bits per heavy atom. The predicted octanol–water partition coefficient (Wildman–Crippen LogP) is 2.71. The number of aliphatic imine (C=N–C) groups is 1. The number of nitrogens with one attached hydrogen (secondary N) is 1. The molecule has 0 spiro atoms. The van der Waals surface area contributed by atoms with Crippen LogP contribution in [0.2, 0.25) is 0 Å². The number of carbonyl (C=O) groups excluding carboxylic acids is 3. The Labute approximate surface area is 120 Å². The molecule has 0 radical (unpaired) electrons. The summed E-state index contributed by atoms with van der Waals surface area (Å²) in [6, 6.07) is 0.000526. The zero-order chi connectivity index (χ0) is 15.2. The molecule has 0 aliphatic rings. The van der Waals surface area contributed by atoms with Crippen LogP contribution in [0.15, 0.2) is 4.99 Å². The van der Waals surface area contributed by atoms with E-state index in [4.69, 9.17) is 0 Å². The third-order valence-corrected chi connectivity index (χ3v) is 2.83. The molecule has 6 nitrogen and oxygen atoms in total. The minimum Gasteiger partial charge on any atom is -0.450 e. The van der Waals surface area contributed by atoms with E-state index in [2.05, 4.69) is 22.0 Å². The van der Waals surface area contributed by atoms with E-state index < -0.39 is 6.09 Å². The summed E-state index contributed by atoms with van der Waals surface area (Å²) in [6.07, 6.45) is 6.34. The van der Waals surface area contributed by atoms with Crippen molar-refractivity contribution in [1.82, 2.24) is 5.32 Å². The van der Waals surface area contributed by atoms with Gasteiger partial charge in [0.1, 0.15) is 0 Å². The van der Waals surface area contributed by atoms with Crippen LogP contribution in [-0.2, 0) is 14.3 Å². The van der Waals surface area contributed by atoms with E-state index in [-0.39, 0.29) is 25.0 Å². The van der Waals surface area contributed by atoms with Crippen molar-refractivity contribution in [2.24, 2.45) is 4.99 Å². The van der Waals surface area contributed by atoms with Gasteiger partial charge in [0.25, 0.3) is 0 Å². The number of rotatable bonds is 10. The molecule has 0 saturated heterocycles. The standard InChI is InChI=1S/C14H24N2O4/c1-3-5-8-12(15-11-17)9-6-7-10-13(18)16-14(19)20-4-2/h12H,3-10H2,1-2H3,(H,16,18,19). The molecular weight excluding hydrogens is 260 g/mol. The molecule has 0 saturated carbocycles. The van der Waals surface area contributed by atoms with Crippen LogP contribution in [0.3, 0.4) is 0 Å². The van der Waals surface area contributed by atoms with Crippen LogP contribution < -0.4 is 5.32 Å². The van der Waals surface area contributed by atoms with Gasteiger partial charge in [-0.15, -0.1) is 0 Å². The Balaban J connectivity index is 3.78. The summed E-state index contributed by atoms with van der Waals surface area (Å²) >= 11 is 0. The van der Waals surface area contributed by atoms with Crippen molar-refractivity contribution < 1.29 is 19.1 Å². The first-order valence-electron chi connectivity index (χ1n) is 7.17. The molecule has 0 aromatic carbocycles. The molecule has 0 aromatic heterocycles. The SMILES string of the molecule is CCCCC(CCCCC(=O)NC(=O)OCC)N=C=O. The Morgan fingerprint density at radius 3 is 2.50 bits per heavy atom. The van der Waals surface area contributed by atoms with Gasteiger partial charge in [-0.05, 0) is 26.2 Å². The summed E-state index contributed by atoms with van der Waals surface area (Å²) in [5.74, 6) is -0.340. The van der Waals surface area contributed by atoms with Crippen molar-refractivity contribution in [3.8, 4) is 0 Å². The van der Waals surface area contributed by atoms with Gasteiger partial charge in [0.05, 0.1) is 12.6 Å². The van der Waals surface area contributed by atoms with Crippen LogP contribution >= 0.6 is 0 Å². The lowest BCUT2D eigenvalue weighted by atomic mass is 10.0. The molecule has 114 valence electrons. The van der Waals surface area contributed by atoms with Crippen LogP contribution in [0.25, 0.3) is 0 Å². The van der Waals surface area contributed by atoms with E-state index in [0.717, 1.165) is 32.1 Å². The van der Waals surface area contributed by atoms with Crippen LogP contribution in [0.5, 0.6) is 0 Å². The molecular formula is C14H24N2O4. The number of ether oxygens (including phenoxy) is 1. The number of unbranched alkanes of at least 4 members (excludes halogenated alkanes) is 2. The monoisotopic (exact) mass is 284 g/mol. The quantitative estimate of drug-likeness (QED) is 0.380. The fourth-order valence-corrected chi connectivity index (χ4v) is 1.80. The van der Waals surface area contributed by atoms with E-state index in [1.54, 1.807) is 13.0 Å². The maximum Gasteiger partial charge on any atom is 0.413 e.